The molecule has 3 nitrogen and oxygen atoms in total. The minimum absolute atomic E-state index is 0.410. The average molecular weight is 235 g/mol. The maximum atomic E-state index is 11.0. The Morgan fingerprint density at radius 2 is 2.38 bits per heavy atom. The fourth-order valence-corrected chi connectivity index (χ4v) is 1.51. The molecule has 0 radical (unpaired) electrons. The van der Waals surface area contributed by atoms with Gasteiger partial charge in [0, 0.05) is 0 Å². The summed E-state index contributed by atoms with van der Waals surface area (Å²) >= 11 is 11.9. The number of carbonyl (C=O) groups is 1. The van der Waals surface area contributed by atoms with E-state index in [-0.39, 0.29) is 0 Å². The molecule has 0 aliphatic heterocycles. The summed E-state index contributed by atoms with van der Waals surface area (Å²) in [5.74, 6) is -0.526. The third-order valence-electron chi connectivity index (χ3n) is 1.22. The van der Waals surface area contributed by atoms with Gasteiger partial charge in [0.25, 0.3) is 5.91 Å². The van der Waals surface area contributed by atoms with E-state index in [1.54, 1.807) is 11.4 Å². The van der Waals surface area contributed by atoms with Crippen LogP contribution in [0.4, 0.5) is 5.00 Å². The number of amides is 1. The van der Waals surface area contributed by atoms with Crippen LogP contribution in [0.2, 0.25) is 0 Å². The smallest absolute Gasteiger partial charge is 0.258 e. The first-order valence-electron chi connectivity index (χ1n) is 3.21. The van der Waals surface area contributed by atoms with Crippen molar-refractivity contribution in [3.05, 3.63) is 17.0 Å². The van der Waals surface area contributed by atoms with Crippen molar-refractivity contribution >= 4 is 45.4 Å². The number of nitrogens with zero attached hydrogens (tertiary/aromatic N) is 1. The average Bonchev–Trinajstić information content (AvgIpc) is 2.51. The molecule has 1 amide bonds. The molecule has 0 atom stereocenters. The van der Waals surface area contributed by atoms with Gasteiger partial charge in [-0.25, -0.2) is 0 Å². The van der Waals surface area contributed by atoms with Crippen LogP contribution in [0, 0.1) is 11.3 Å². The molecule has 0 aliphatic carbocycles. The molecule has 1 aromatic rings. The standard InChI is InChI=1S/C7H4Cl2N2OS/c8-5(9)6(12)11-7-4(3-10)1-2-13-7/h1-2,5H,(H,11,12). The number of nitrogens with one attached hydrogen (secondary N) is 1. The molecule has 0 aliphatic rings. The van der Waals surface area contributed by atoms with Gasteiger partial charge in [0.2, 0.25) is 0 Å². The van der Waals surface area contributed by atoms with Gasteiger partial charge in [-0.1, -0.05) is 23.2 Å². The van der Waals surface area contributed by atoms with E-state index in [0.29, 0.717) is 10.6 Å². The van der Waals surface area contributed by atoms with Gasteiger partial charge < -0.3 is 5.32 Å². The van der Waals surface area contributed by atoms with Crippen molar-refractivity contribution in [1.82, 2.24) is 0 Å². The van der Waals surface area contributed by atoms with Crippen molar-refractivity contribution in [3.63, 3.8) is 0 Å². The lowest BCUT2D eigenvalue weighted by atomic mass is 10.3. The number of rotatable bonds is 2. The van der Waals surface area contributed by atoms with E-state index in [1.165, 1.54) is 11.3 Å². The molecule has 0 saturated heterocycles. The quantitative estimate of drug-likeness (QED) is 0.800. The Hall–Kier alpha value is -0.760. The maximum absolute atomic E-state index is 11.0. The second kappa shape index (κ2) is 4.47. The number of thiophene rings is 1. The Kier molecular flexibility index (Phi) is 3.55. The fourth-order valence-electron chi connectivity index (χ4n) is 0.661. The van der Waals surface area contributed by atoms with Crippen LogP contribution in [-0.2, 0) is 4.79 Å². The highest BCUT2D eigenvalue weighted by Gasteiger charge is 2.13. The number of carbonyl (C=O) groups excluding carboxylic acids is 1. The molecule has 0 bridgehead atoms. The Labute approximate surface area is 88.9 Å². The third kappa shape index (κ3) is 2.59. The highest BCUT2D eigenvalue weighted by Crippen LogP contribution is 2.22. The number of hydrogen-bond donors (Lipinski definition) is 1. The lowest BCUT2D eigenvalue weighted by Crippen LogP contribution is -2.18. The van der Waals surface area contributed by atoms with Gasteiger partial charge in [0.05, 0.1) is 5.56 Å². The van der Waals surface area contributed by atoms with Crippen molar-refractivity contribution in [3.8, 4) is 6.07 Å². The van der Waals surface area contributed by atoms with E-state index in [4.69, 9.17) is 28.5 Å². The zero-order valence-corrected chi connectivity index (χ0v) is 8.58. The van der Waals surface area contributed by atoms with Gasteiger partial charge in [-0.15, -0.1) is 11.3 Å². The lowest BCUT2D eigenvalue weighted by Gasteiger charge is -2.01. The molecule has 6 heteroatoms. The first-order valence-corrected chi connectivity index (χ1v) is 4.97. The Balaban J connectivity index is 2.76. The van der Waals surface area contributed by atoms with E-state index in [2.05, 4.69) is 5.32 Å². The van der Waals surface area contributed by atoms with Crippen LogP contribution in [0.1, 0.15) is 5.56 Å². The van der Waals surface area contributed by atoms with Gasteiger partial charge in [-0.3, -0.25) is 4.79 Å². The van der Waals surface area contributed by atoms with E-state index < -0.39 is 10.7 Å². The number of hydrogen-bond acceptors (Lipinski definition) is 3. The second-order valence-corrected chi connectivity index (χ2v) is 4.08. The van der Waals surface area contributed by atoms with Crippen LogP contribution < -0.4 is 5.32 Å². The first-order chi connectivity index (χ1) is 6.15. The molecule has 0 saturated carbocycles. The molecule has 0 spiro atoms. The summed E-state index contributed by atoms with van der Waals surface area (Å²) in [4.78, 5) is 9.88. The monoisotopic (exact) mass is 234 g/mol. The van der Waals surface area contributed by atoms with Gasteiger partial charge in [-0.05, 0) is 11.4 Å². The number of nitriles is 1. The first kappa shape index (κ1) is 10.3. The summed E-state index contributed by atoms with van der Waals surface area (Å²) in [5, 5.41) is 13.2. The van der Waals surface area contributed by atoms with E-state index >= 15 is 0 Å². The Bertz CT molecular complexity index is 356. The predicted molar refractivity (Wildman–Crippen MR) is 53.2 cm³/mol. The van der Waals surface area contributed by atoms with Crippen molar-refractivity contribution in [1.29, 1.82) is 5.26 Å². The van der Waals surface area contributed by atoms with Crippen LogP contribution in [0.5, 0.6) is 0 Å². The maximum Gasteiger partial charge on any atom is 0.258 e. The largest absolute Gasteiger partial charge is 0.314 e. The third-order valence-corrected chi connectivity index (χ3v) is 2.45. The van der Waals surface area contributed by atoms with Crippen molar-refractivity contribution in [2.24, 2.45) is 0 Å². The molecule has 0 unspecified atom stereocenters. The molecule has 0 fully saturated rings. The van der Waals surface area contributed by atoms with Gasteiger partial charge >= 0.3 is 0 Å². The number of halogens is 2. The molecule has 1 aromatic heterocycles. The van der Waals surface area contributed by atoms with E-state index in [9.17, 15) is 4.79 Å². The number of anilines is 1. The molecule has 1 heterocycles. The van der Waals surface area contributed by atoms with Crippen LogP contribution in [0.3, 0.4) is 0 Å². The molecular formula is C7H4Cl2N2OS. The molecule has 0 aromatic carbocycles. The summed E-state index contributed by atoms with van der Waals surface area (Å²) in [5.41, 5.74) is 0.410. The highest BCUT2D eigenvalue weighted by atomic mass is 35.5. The van der Waals surface area contributed by atoms with Gasteiger partial charge in [0.15, 0.2) is 4.84 Å². The van der Waals surface area contributed by atoms with Crippen LogP contribution >= 0.6 is 34.5 Å². The molecule has 1 N–H and O–H groups in total. The molecular weight excluding hydrogens is 231 g/mol. The van der Waals surface area contributed by atoms with Gasteiger partial charge in [0.1, 0.15) is 11.1 Å². The van der Waals surface area contributed by atoms with Gasteiger partial charge in [-0.2, -0.15) is 5.26 Å². The van der Waals surface area contributed by atoms with Crippen LogP contribution in [0.25, 0.3) is 0 Å². The number of alkyl halides is 2. The minimum Gasteiger partial charge on any atom is -0.314 e. The highest BCUT2D eigenvalue weighted by molar-refractivity contribution is 7.14. The summed E-state index contributed by atoms with van der Waals surface area (Å²) < 4.78 is 0. The summed E-state index contributed by atoms with van der Waals surface area (Å²) in [6.07, 6.45) is 0. The van der Waals surface area contributed by atoms with E-state index in [1.807, 2.05) is 6.07 Å². The SMILES string of the molecule is N#Cc1ccsc1NC(=O)C(Cl)Cl. The summed E-state index contributed by atoms with van der Waals surface area (Å²) in [7, 11) is 0. The van der Waals surface area contributed by atoms with Crippen molar-refractivity contribution in [2.75, 3.05) is 5.32 Å². The molecule has 13 heavy (non-hydrogen) atoms. The van der Waals surface area contributed by atoms with E-state index in [0.717, 1.165) is 0 Å². The lowest BCUT2D eigenvalue weighted by molar-refractivity contribution is -0.114. The summed E-state index contributed by atoms with van der Waals surface area (Å²) in [6.45, 7) is 0. The van der Waals surface area contributed by atoms with Crippen molar-refractivity contribution in [2.45, 2.75) is 4.84 Å². The topological polar surface area (TPSA) is 52.9 Å². The molecule has 1 rings (SSSR count). The second-order valence-electron chi connectivity index (χ2n) is 2.07. The predicted octanol–water partition coefficient (Wildman–Crippen LogP) is 2.36. The Morgan fingerprint density at radius 1 is 1.69 bits per heavy atom. The molecule has 68 valence electrons. The summed E-state index contributed by atoms with van der Waals surface area (Å²) in [6, 6.07) is 3.54. The normalized spacial score (nSPS) is 9.69. The zero-order valence-electron chi connectivity index (χ0n) is 6.25. The fraction of sp³-hybridized carbons (Fsp3) is 0.143. The van der Waals surface area contributed by atoms with Crippen LogP contribution in [0.15, 0.2) is 11.4 Å². The van der Waals surface area contributed by atoms with Crippen molar-refractivity contribution < 1.29 is 4.79 Å². The minimum atomic E-state index is -1.12. The zero-order chi connectivity index (χ0) is 9.84. The Morgan fingerprint density at radius 3 is 2.92 bits per heavy atom. The van der Waals surface area contributed by atoms with Crippen LogP contribution in [-0.4, -0.2) is 10.7 Å².